The first-order chi connectivity index (χ1) is 17.1. The monoisotopic (exact) mass is 491 g/mol. The number of amides is 1. The van der Waals surface area contributed by atoms with Crippen molar-refractivity contribution in [3.8, 4) is 11.5 Å². The van der Waals surface area contributed by atoms with Gasteiger partial charge < -0.3 is 14.8 Å². The Hall–Kier alpha value is -3.34. The van der Waals surface area contributed by atoms with Crippen LogP contribution in [0.4, 0.5) is 5.69 Å². The third kappa shape index (κ3) is 9.03. The normalized spacial score (nSPS) is 16.5. The summed E-state index contributed by atoms with van der Waals surface area (Å²) >= 11 is 0. The van der Waals surface area contributed by atoms with Crippen molar-refractivity contribution in [3.05, 3.63) is 76.9 Å². The molecule has 1 aliphatic carbocycles. The van der Waals surface area contributed by atoms with E-state index in [1.807, 2.05) is 32.1 Å². The molecule has 1 aliphatic rings. The molecule has 0 spiro atoms. The molecule has 0 unspecified atom stereocenters. The SMILES string of the molecule is CCCC(=O)Oc1cc(NC(=O)/C=C(C)/C=C/C=C(C)/C=C/C2=C(C)CCCC2(C)C)ccc1OC. The van der Waals surface area contributed by atoms with Gasteiger partial charge in [0, 0.05) is 24.3 Å². The molecule has 194 valence electrons. The summed E-state index contributed by atoms with van der Waals surface area (Å²) in [6.07, 6.45) is 16.5. The molecule has 1 aromatic carbocycles. The van der Waals surface area contributed by atoms with E-state index >= 15 is 0 Å². The van der Waals surface area contributed by atoms with Gasteiger partial charge in [0.2, 0.25) is 5.91 Å². The molecule has 0 bridgehead atoms. The van der Waals surface area contributed by atoms with E-state index in [0.29, 0.717) is 24.3 Å². The zero-order valence-corrected chi connectivity index (χ0v) is 22.9. The summed E-state index contributed by atoms with van der Waals surface area (Å²) in [5, 5.41) is 2.81. The fraction of sp³-hybridized carbons (Fsp3) is 0.419. The Labute approximate surface area is 216 Å². The molecular formula is C31H41NO4. The fourth-order valence-corrected chi connectivity index (χ4v) is 4.28. The molecule has 0 heterocycles. The summed E-state index contributed by atoms with van der Waals surface area (Å²) in [4.78, 5) is 24.4. The number of allylic oxidation sites excluding steroid dienone is 9. The van der Waals surface area contributed by atoms with E-state index in [9.17, 15) is 9.59 Å². The molecule has 36 heavy (non-hydrogen) atoms. The molecule has 0 saturated carbocycles. The lowest BCUT2D eigenvalue weighted by atomic mass is 9.72. The molecule has 0 aliphatic heterocycles. The number of hydrogen-bond donors (Lipinski definition) is 1. The number of anilines is 1. The number of rotatable bonds is 10. The maximum absolute atomic E-state index is 12.5. The van der Waals surface area contributed by atoms with Gasteiger partial charge in [-0.2, -0.15) is 0 Å². The van der Waals surface area contributed by atoms with Crippen molar-refractivity contribution >= 4 is 17.6 Å². The summed E-state index contributed by atoms with van der Waals surface area (Å²) in [7, 11) is 1.50. The number of carbonyl (C=O) groups is 2. The summed E-state index contributed by atoms with van der Waals surface area (Å²) in [6, 6.07) is 4.95. The van der Waals surface area contributed by atoms with Crippen molar-refractivity contribution in [2.75, 3.05) is 12.4 Å². The maximum Gasteiger partial charge on any atom is 0.311 e. The Morgan fingerprint density at radius 1 is 1.11 bits per heavy atom. The number of hydrogen-bond acceptors (Lipinski definition) is 4. The molecule has 5 nitrogen and oxygen atoms in total. The molecule has 5 heteroatoms. The Morgan fingerprint density at radius 3 is 2.53 bits per heavy atom. The van der Waals surface area contributed by atoms with E-state index in [-0.39, 0.29) is 23.0 Å². The zero-order valence-electron chi connectivity index (χ0n) is 22.9. The summed E-state index contributed by atoms with van der Waals surface area (Å²) in [5.74, 6) is 0.107. The predicted octanol–water partition coefficient (Wildman–Crippen LogP) is 7.87. The number of methoxy groups -OCH3 is 1. The van der Waals surface area contributed by atoms with Gasteiger partial charge in [-0.3, -0.25) is 9.59 Å². The van der Waals surface area contributed by atoms with Crippen LogP contribution >= 0.6 is 0 Å². The van der Waals surface area contributed by atoms with Gasteiger partial charge in [0.05, 0.1) is 7.11 Å². The van der Waals surface area contributed by atoms with E-state index in [0.717, 1.165) is 11.1 Å². The van der Waals surface area contributed by atoms with Gasteiger partial charge in [0.25, 0.3) is 0 Å². The second kappa shape index (κ2) is 13.7. The lowest BCUT2D eigenvalue weighted by Crippen LogP contribution is -2.19. The first-order valence-electron chi connectivity index (χ1n) is 12.7. The predicted molar refractivity (Wildman–Crippen MR) is 148 cm³/mol. The number of carbonyl (C=O) groups excluding carboxylic acids is 2. The van der Waals surface area contributed by atoms with Crippen LogP contribution in [0.25, 0.3) is 0 Å². The first kappa shape index (κ1) is 28.9. The van der Waals surface area contributed by atoms with Crippen LogP contribution in [0, 0.1) is 5.41 Å². The molecule has 0 fully saturated rings. The van der Waals surface area contributed by atoms with Crippen LogP contribution in [0.1, 0.15) is 73.6 Å². The Bertz CT molecular complexity index is 1100. The minimum Gasteiger partial charge on any atom is -0.493 e. The minimum atomic E-state index is -0.340. The van der Waals surface area contributed by atoms with E-state index in [2.05, 4.69) is 45.2 Å². The molecule has 0 saturated heterocycles. The smallest absolute Gasteiger partial charge is 0.311 e. The highest BCUT2D eigenvalue weighted by molar-refractivity contribution is 6.00. The average molecular weight is 492 g/mol. The van der Waals surface area contributed by atoms with Crippen molar-refractivity contribution < 1.29 is 19.1 Å². The second-order valence-corrected chi connectivity index (χ2v) is 10.0. The van der Waals surface area contributed by atoms with Gasteiger partial charge >= 0.3 is 5.97 Å². The topological polar surface area (TPSA) is 64.6 Å². The molecular weight excluding hydrogens is 450 g/mol. The first-order valence-corrected chi connectivity index (χ1v) is 12.7. The Balaban J connectivity index is 2.01. The van der Waals surface area contributed by atoms with Crippen LogP contribution < -0.4 is 14.8 Å². The van der Waals surface area contributed by atoms with Crippen LogP contribution in [0.3, 0.4) is 0 Å². The van der Waals surface area contributed by atoms with E-state index in [4.69, 9.17) is 9.47 Å². The lowest BCUT2D eigenvalue weighted by Gasteiger charge is -2.32. The van der Waals surface area contributed by atoms with Gasteiger partial charge in [-0.1, -0.05) is 62.3 Å². The lowest BCUT2D eigenvalue weighted by molar-refractivity contribution is -0.134. The largest absolute Gasteiger partial charge is 0.493 e. The number of nitrogens with one attached hydrogen (secondary N) is 1. The summed E-state index contributed by atoms with van der Waals surface area (Å²) in [6.45, 7) is 12.7. The highest BCUT2D eigenvalue weighted by Crippen LogP contribution is 2.40. The van der Waals surface area contributed by atoms with E-state index in [1.165, 1.54) is 43.6 Å². The van der Waals surface area contributed by atoms with Gasteiger partial charge in [-0.05, 0) is 75.1 Å². The molecule has 1 N–H and O–H groups in total. The Morgan fingerprint density at radius 2 is 1.86 bits per heavy atom. The Kier molecular flexibility index (Phi) is 11.0. The van der Waals surface area contributed by atoms with Crippen molar-refractivity contribution in [2.24, 2.45) is 5.41 Å². The van der Waals surface area contributed by atoms with Crippen molar-refractivity contribution in [2.45, 2.75) is 73.6 Å². The minimum absolute atomic E-state index is 0.226. The number of esters is 1. The van der Waals surface area contributed by atoms with Crippen molar-refractivity contribution in [1.82, 2.24) is 0 Å². The average Bonchev–Trinajstić information content (AvgIpc) is 2.78. The van der Waals surface area contributed by atoms with Gasteiger partial charge in [-0.15, -0.1) is 0 Å². The highest BCUT2D eigenvalue weighted by atomic mass is 16.6. The van der Waals surface area contributed by atoms with Crippen LogP contribution in [-0.4, -0.2) is 19.0 Å². The third-order valence-corrected chi connectivity index (χ3v) is 6.24. The summed E-state index contributed by atoms with van der Waals surface area (Å²) in [5.41, 5.74) is 5.64. The van der Waals surface area contributed by atoms with Crippen LogP contribution in [0.2, 0.25) is 0 Å². The second-order valence-electron chi connectivity index (χ2n) is 10.0. The standard InChI is InChI=1S/C31H41NO4/c1-8-11-30(34)36-28-21-25(16-18-27(28)35-7)32-29(33)20-23(3)13-9-12-22(2)15-17-26-24(4)14-10-19-31(26,5)6/h9,12-13,15-18,20-21H,8,10-11,14,19H2,1-7H3,(H,32,33)/b13-9+,17-15+,22-12+,23-20+. The van der Waals surface area contributed by atoms with Gasteiger partial charge in [0.1, 0.15) is 0 Å². The number of ether oxygens (including phenoxy) is 2. The van der Waals surface area contributed by atoms with Crippen LogP contribution in [-0.2, 0) is 9.59 Å². The quantitative estimate of drug-likeness (QED) is 0.156. The van der Waals surface area contributed by atoms with Gasteiger partial charge in [0.15, 0.2) is 11.5 Å². The fourth-order valence-electron chi connectivity index (χ4n) is 4.28. The highest BCUT2D eigenvalue weighted by Gasteiger charge is 2.26. The third-order valence-electron chi connectivity index (χ3n) is 6.24. The zero-order chi connectivity index (χ0) is 26.7. The van der Waals surface area contributed by atoms with Gasteiger partial charge in [-0.25, -0.2) is 0 Å². The van der Waals surface area contributed by atoms with Crippen LogP contribution in [0.5, 0.6) is 11.5 Å². The molecule has 0 radical (unpaired) electrons. The molecule has 1 amide bonds. The molecule has 2 rings (SSSR count). The molecule has 0 atom stereocenters. The van der Waals surface area contributed by atoms with Crippen molar-refractivity contribution in [3.63, 3.8) is 0 Å². The van der Waals surface area contributed by atoms with E-state index < -0.39 is 0 Å². The van der Waals surface area contributed by atoms with Crippen molar-refractivity contribution in [1.29, 1.82) is 0 Å². The maximum atomic E-state index is 12.5. The number of benzene rings is 1. The van der Waals surface area contributed by atoms with Crippen LogP contribution in [0.15, 0.2) is 76.9 Å². The van der Waals surface area contributed by atoms with E-state index in [1.54, 1.807) is 18.2 Å². The molecule has 0 aromatic heterocycles. The summed E-state index contributed by atoms with van der Waals surface area (Å²) < 4.78 is 10.6. The molecule has 1 aromatic rings.